The van der Waals surface area contributed by atoms with Gasteiger partial charge in [-0.15, -0.1) is 0 Å². The molecule has 0 radical (unpaired) electrons. The summed E-state index contributed by atoms with van der Waals surface area (Å²) in [6.45, 7) is 3.22. The molecule has 0 amide bonds. The van der Waals surface area contributed by atoms with Crippen LogP contribution in [0.3, 0.4) is 0 Å². The zero-order valence-electron chi connectivity index (χ0n) is 8.08. The van der Waals surface area contributed by atoms with Crippen LogP contribution in [0.2, 0.25) is 0 Å². The van der Waals surface area contributed by atoms with Crippen LogP contribution in [0.25, 0.3) is 0 Å². The first kappa shape index (κ1) is 10.9. The maximum Gasteiger partial charge on any atom is 0.0684 e. The number of hydrogen-bond acceptors (Lipinski definition) is 4. The van der Waals surface area contributed by atoms with Gasteiger partial charge in [0.1, 0.15) is 0 Å². The largest absolute Gasteiger partial charge is 0.395 e. The molecule has 0 spiro atoms. The minimum atomic E-state index is -0.541. The van der Waals surface area contributed by atoms with Crippen molar-refractivity contribution in [3.05, 3.63) is 0 Å². The second kappa shape index (κ2) is 4.91. The molecule has 13 heavy (non-hydrogen) atoms. The van der Waals surface area contributed by atoms with Gasteiger partial charge in [0.2, 0.25) is 0 Å². The Morgan fingerprint density at radius 2 is 1.92 bits per heavy atom. The van der Waals surface area contributed by atoms with Gasteiger partial charge in [0.05, 0.1) is 12.2 Å². The lowest BCUT2D eigenvalue weighted by molar-refractivity contribution is -0.0280. The van der Waals surface area contributed by atoms with Crippen molar-refractivity contribution in [1.82, 2.24) is 4.90 Å². The quantitative estimate of drug-likeness (QED) is 0.538. The van der Waals surface area contributed by atoms with E-state index in [1.54, 1.807) is 0 Å². The monoisotopic (exact) mass is 188 g/mol. The second-order valence-corrected chi connectivity index (χ2v) is 3.83. The van der Waals surface area contributed by atoms with Gasteiger partial charge < -0.3 is 20.8 Å². The van der Waals surface area contributed by atoms with Gasteiger partial charge in [-0.3, -0.25) is 0 Å². The van der Waals surface area contributed by atoms with Gasteiger partial charge in [-0.05, 0) is 25.8 Å². The Balaban J connectivity index is 2.28. The van der Waals surface area contributed by atoms with Crippen molar-refractivity contribution < 1.29 is 10.2 Å². The Kier molecular flexibility index (Phi) is 4.12. The predicted octanol–water partition coefficient (Wildman–Crippen LogP) is -0.846. The third-order valence-electron chi connectivity index (χ3n) is 2.81. The van der Waals surface area contributed by atoms with Crippen molar-refractivity contribution in [2.45, 2.75) is 24.9 Å². The molecule has 0 aromatic carbocycles. The number of β-amino-alcohol motifs (C(OH)–C–C–N with tert-alkyl or cyclic N) is 1. The first-order valence-corrected chi connectivity index (χ1v) is 4.96. The molecule has 0 aliphatic carbocycles. The Labute approximate surface area is 79.3 Å². The molecule has 1 saturated heterocycles. The highest BCUT2D eigenvalue weighted by molar-refractivity contribution is 4.85. The van der Waals surface area contributed by atoms with Gasteiger partial charge in [0, 0.05) is 19.6 Å². The Morgan fingerprint density at radius 1 is 1.31 bits per heavy atom. The SMILES string of the molecule is NCCC1(O)CCN(CCO)CC1. The first-order chi connectivity index (χ1) is 6.20. The van der Waals surface area contributed by atoms with Crippen LogP contribution in [0.1, 0.15) is 19.3 Å². The summed E-state index contributed by atoms with van der Waals surface area (Å²) in [5, 5.41) is 18.7. The fourth-order valence-corrected chi connectivity index (χ4v) is 1.85. The molecule has 4 N–H and O–H groups in total. The molecule has 0 saturated carbocycles. The molecule has 0 bridgehead atoms. The van der Waals surface area contributed by atoms with Crippen molar-refractivity contribution in [1.29, 1.82) is 0 Å². The Hall–Kier alpha value is -0.160. The van der Waals surface area contributed by atoms with Crippen LogP contribution in [0, 0.1) is 0 Å². The lowest BCUT2D eigenvalue weighted by Gasteiger charge is -2.37. The molecular formula is C9H20N2O2. The van der Waals surface area contributed by atoms with E-state index in [1.807, 2.05) is 0 Å². The zero-order chi connectivity index (χ0) is 9.73. The number of rotatable bonds is 4. The predicted molar refractivity (Wildman–Crippen MR) is 51.4 cm³/mol. The molecule has 0 atom stereocenters. The summed E-state index contributed by atoms with van der Waals surface area (Å²) in [5.41, 5.74) is 4.88. The highest BCUT2D eigenvalue weighted by atomic mass is 16.3. The van der Waals surface area contributed by atoms with Gasteiger partial charge in [0.15, 0.2) is 0 Å². The van der Waals surface area contributed by atoms with Crippen molar-refractivity contribution in [2.24, 2.45) is 5.73 Å². The van der Waals surface area contributed by atoms with Crippen molar-refractivity contribution in [2.75, 3.05) is 32.8 Å². The summed E-state index contributed by atoms with van der Waals surface area (Å²) in [5.74, 6) is 0. The normalized spacial score (nSPS) is 23.3. The Morgan fingerprint density at radius 3 is 2.38 bits per heavy atom. The number of likely N-dealkylation sites (tertiary alicyclic amines) is 1. The first-order valence-electron chi connectivity index (χ1n) is 4.96. The van der Waals surface area contributed by atoms with E-state index in [1.165, 1.54) is 0 Å². The maximum absolute atomic E-state index is 9.99. The number of piperidine rings is 1. The number of nitrogens with zero attached hydrogens (tertiary/aromatic N) is 1. The van der Waals surface area contributed by atoms with Gasteiger partial charge in [0.25, 0.3) is 0 Å². The van der Waals surface area contributed by atoms with Gasteiger partial charge in [-0.1, -0.05) is 0 Å². The molecule has 4 heteroatoms. The number of nitrogens with two attached hydrogens (primary N) is 1. The average molecular weight is 188 g/mol. The van der Waals surface area contributed by atoms with Gasteiger partial charge >= 0.3 is 0 Å². The molecule has 0 unspecified atom stereocenters. The zero-order valence-corrected chi connectivity index (χ0v) is 8.08. The summed E-state index contributed by atoms with van der Waals surface area (Å²) in [7, 11) is 0. The molecule has 4 nitrogen and oxygen atoms in total. The van der Waals surface area contributed by atoms with Crippen LogP contribution in [0.15, 0.2) is 0 Å². The second-order valence-electron chi connectivity index (χ2n) is 3.83. The fraction of sp³-hybridized carbons (Fsp3) is 1.00. The fourth-order valence-electron chi connectivity index (χ4n) is 1.85. The Bertz CT molecular complexity index is 145. The van der Waals surface area contributed by atoms with E-state index >= 15 is 0 Å². The number of aliphatic hydroxyl groups excluding tert-OH is 1. The van der Waals surface area contributed by atoms with Gasteiger partial charge in [-0.25, -0.2) is 0 Å². The van der Waals surface area contributed by atoms with Crippen molar-refractivity contribution in [3.8, 4) is 0 Å². The molecular weight excluding hydrogens is 168 g/mol. The minimum Gasteiger partial charge on any atom is -0.395 e. The topological polar surface area (TPSA) is 69.7 Å². The van der Waals surface area contributed by atoms with Crippen LogP contribution < -0.4 is 5.73 Å². The summed E-state index contributed by atoms with van der Waals surface area (Å²) in [4.78, 5) is 2.17. The average Bonchev–Trinajstić information content (AvgIpc) is 2.10. The number of hydrogen-bond donors (Lipinski definition) is 3. The summed E-state index contributed by atoms with van der Waals surface area (Å²) < 4.78 is 0. The highest BCUT2D eigenvalue weighted by Crippen LogP contribution is 2.24. The van der Waals surface area contributed by atoms with Crippen molar-refractivity contribution in [3.63, 3.8) is 0 Å². The molecule has 1 aliphatic heterocycles. The van der Waals surface area contributed by atoms with E-state index in [0.717, 1.165) is 32.5 Å². The standard InChI is InChI=1S/C9H20N2O2/c10-4-1-9(13)2-5-11(6-3-9)7-8-12/h12-13H,1-8,10H2. The third-order valence-corrected chi connectivity index (χ3v) is 2.81. The molecule has 78 valence electrons. The highest BCUT2D eigenvalue weighted by Gasteiger charge is 2.30. The maximum atomic E-state index is 9.99. The number of aliphatic hydroxyl groups is 2. The molecule has 1 rings (SSSR count). The third kappa shape index (κ3) is 3.23. The van der Waals surface area contributed by atoms with Crippen LogP contribution in [-0.2, 0) is 0 Å². The van der Waals surface area contributed by atoms with E-state index in [9.17, 15) is 5.11 Å². The van der Waals surface area contributed by atoms with E-state index < -0.39 is 5.60 Å². The lowest BCUT2D eigenvalue weighted by Crippen LogP contribution is -2.46. The molecule has 1 aliphatic rings. The van der Waals surface area contributed by atoms with Gasteiger partial charge in [-0.2, -0.15) is 0 Å². The van der Waals surface area contributed by atoms with E-state index in [0.29, 0.717) is 13.0 Å². The molecule has 0 aromatic rings. The van der Waals surface area contributed by atoms with Crippen LogP contribution in [-0.4, -0.2) is 53.5 Å². The van der Waals surface area contributed by atoms with E-state index in [4.69, 9.17) is 10.8 Å². The summed E-state index contributed by atoms with van der Waals surface area (Å²) in [6.07, 6.45) is 2.26. The molecule has 1 fully saturated rings. The van der Waals surface area contributed by atoms with Crippen LogP contribution in [0.4, 0.5) is 0 Å². The molecule has 1 heterocycles. The van der Waals surface area contributed by atoms with Crippen molar-refractivity contribution >= 4 is 0 Å². The van der Waals surface area contributed by atoms with E-state index in [2.05, 4.69) is 4.90 Å². The lowest BCUT2D eigenvalue weighted by atomic mass is 9.88. The smallest absolute Gasteiger partial charge is 0.0684 e. The van der Waals surface area contributed by atoms with Crippen LogP contribution >= 0.6 is 0 Å². The molecule has 0 aromatic heterocycles. The summed E-state index contributed by atoms with van der Waals surface area (Å²) in [6, 6.07) is 0. The summed E-state index contributed by atoms with van der Waals surface area (Å²) >= 11 is 0. The van der Waals surface area contributed by atoms with Crippen LogP contribution in [0.5, 0.6) is 0 Å². The van der Waals surface area contributed by atoms with E-state index in [-0.39, 0.29) is 6.61 Å². The minimum absolute atomic E-state index is 0.204.